The van der Waals surface area contributed by atoms with E-state index in [1.54, 1.807) is 31.5 Å². The van der Waals surface area contributed by atoms with Gasteiger partial charge in [-0.2, -0.15) is 0 Å². The maximum absolute atomic E-state index is 11.9. The lowest BCUT2D eigenvalue weighted by Gasteiger charge is -2.23. The fourth-order valence-corrected chi connectivity index (χ4v) is 3.47. The third kappa shape index (κ3) is 4.57. The molecule has 0 aliphatic carbocycles. The minimum absolute atomic E-state index is 0.197. The maximum Gasteiger partial charge on any atom is 0.414 e. The molecule has 0 saturated heterocycles. The molecule has 0 spiro atoms. The number of hydrogen-bond acceptors (Lipinski definition) is 5. The number of aromatic nitrogens is 1. The molecule has 0 radical (unpaired) electrons. The summed E-state index contributed by atoms with van der Waals surface area (Å²) in [6, 6.07) is 13.6. The lowest BCUT2D eigenvalue weighted by molar-refractivity contribution is 0.171. The van der Waals surface area contributed by atoms with E-state index >= 15 is 0 Å². The van der Waals surface area contributed by atoms with Gasteiger partial charge < -0.3 is 14.4 Å². The van der Waals surface area contributed by atoms with E-state index in [1.807, 2.05) is 30.3 Å². The summed E-state index contributed by atoms with van der Waals surface area (Å²) in [7, 11) is 3.32. The second kappa shape index (κ2) is 7.56. The first kappa shape index (κ1) is 19.2. The zero-order valence-electron chi connectivity index (χ0n) is 16.3. The standard InChI is InChI=1S/C21H24N2O3S/c1-21(2,3)15-12-14(10-11-17(15)26-20(24)23(4)5)25-13-19-22-16-8-6-7-9-18(16)27-19/h6-12H,13H2,1-5H3. The van der Waals surface area contributed by atoms with Gasteiger partial charge in [-0.15, -0.1) is 11.3 Å². The van der Waals surface area contributed by atoms with Gasteiger partial charge in [0.1, 0.15) is 23.1 Å². The lowest BCUT2D eigenvalue weighted by atomic mass is 9.86. The number of thiazole rings is 1. The van der Waals surface area contributed by atoms with Crippen LogP contribution in [0.3, 0.4) is 0 Å². The highest BCUT2D eigenvalue weighted by Gasteiger charge is 2.22. The van der Waals surface area contributed by atoms with Gasteiger partial charge in [-0.1, -0.05) is 32.9 Å². The zero-order chi connectivity index (χ0) is 19.6. The van der Waals surface area contributed by atoms with E-state index in [1.165, 1.54) is 4.90 Å². The predicted octanol–water partition coefficient (Wildman–Crippen LogP) is 5.23. The molecule has 1 amide bonds. The first-order valence-electron chi connectivity index (χ1n) is 8.75. The summed E-state index contributed by atoms with van der Waals surface area (Å²) in [6.07, 6.45) is -0.399. The van der Waals surface area contributed by atoms with Crippen LogP contribution < -0.4 is 9.47 Å². The van der Waals surface area contributed by atoms with Crippen molar-refractivity contribution < 1.29 is 14.3 Å². The Kier molecular flexibility index (Phi) is 5.37. The van der Waals surface area contributed by atoms with Crippen molar-refractivity contribution >= 4 is 27.6 Å². The van der Waals surface area contributed by atoms with Crippen molar-refractivity contribution in [3.63, 3.8) is 0 Å². The Labute approximate surface area is 163 Å². The molecule has 0 bridgehead atoms. The largest absolute Gasteiger partial charge is 0.486 e. The first-order chi connectivity index (χ1) is 12.7. The molecule has 0 unspecified atom stereocenters. The molecule has 0 fully saturated rings. The summed E-state index contributed by atoms with van der Waals surface area (Å²) < 4.78 is 12.6. The molecule has 0 aliphatic rings. The van der Waals surface area contributed by atoms with Gasteiger partial charge in [0, 0.05) is 19.7 Å². The summed E-state index contributed by atoms with van der Waals surface area (Å²) in [6.45, 7) is 6.63. The van der Waals surface area contributed by atoms with Gasteiger partial charge in [0.05, 0.1) is 10.2 Å². The minimum Gasteiger partial charge on any atom is -0.486 e. The van der Waals surface area contributed by atoms with Gasteiger partial charge >= 0.3 is 6.09 Å². The van der Waals surface area contributed by atoms with E-state index in [9.17, 15) is 4.79 Å². The van der Waals surface area contributed by atoms with Crippen molar-refractivity contribution in [1.82, 2.24) is 9.88 Å². The number of nitrogens with zero attached hydrogens (tertiary/aromatic N) is 2. The molecule has 0 N–H and O–H groups in total. The fourth-order valence-electron chi connectivity index (χ4n) is 2.59. The molecule has 0 aliphatic heterocycles. The Morgan fingerprint density at radius 1 is 1.15 bits per heavy atom. The monoisotopic (exact) mass is 384 g/mol. The molecule has 0 saturated carbocycles. The van der Waals surface area contributed by atoms with Gasteiger partial charge in [-0.25, -0.2) is 9.78 Å². The Morgan fingerprint density at radius 3 is 2.56 bits per heavy atom. The lowest BCUT2D eigenvalue weighted by Crippen LogP contribution is -2.26. The van der Waals surface area contributed by atoms with Crippen molar-refractivity contribution in [3.05, 3.63) is 53.0 Å². The van der Waals surface area contributed by atoms with Crippen LogP contribution in [0.25, 0.3) is 10.2 Å². The number of fused-ring (bicyclic) bond motifs is 1. The van der Waals surface area contributed by atoms with E-state index in [0.29, 0.717) is 12.4 Å². The summed E-state index contributed by atoms with van der Waals surface area (Å²) in [5, 5.41) is 0.927. The average Bonchev–Trinajstić information content (AvgIpc) is 3.02. The van der Waals surface area contributed by atoms with Crippen LogP contribution in [0.4, 0.5) is 4.79 Å². The van der Waals surface area contributed by atoms with Gasteiger partial charge in [0.25, 0.3) is 0 Å². The molecular weight excluding hydrogens is 360 g/mol. The SMILES string of the molecule is CN(C)C(=O)Oc1ccc(OCc2nc3ccccc3s2)cc1C(C)(C)C. The van der Waals surface area contributed by atoms with Gasteiger partial charge in [-0.3, -0.25) is 0 Å². The van der Waals surface area contributed by atoms with E-state index in [2.05, 4.69) is 31.8 Å². The first-order valence-corrected chi connectivity index (χ1v) is 9.56. The van der Waals surface area contributed by atoms with Crippen LogP contribution in [0, 0.1) is 0 Å². The molecule has 5 nitrogen and oxygen atoms in total. The van der Waals surface area contributed by atoms with E-state index in [-0.39, 0.29) is 5.41 Å². The molecule has 0 atom stereocenters. The summed E-state index contributed by atoms with van der Waals surface area (Å²) in [5.41, 5.74) is 1.71. The zero-order valence-corrected chi connectivity index (χ0v) is 17.1. The number of carbonyl (C=O) groups is 1. The van der Waals surface area contributed by atoms with Crippen molar-refractivity contribution in [2.75, 3.05) is 14.1 Å². The summed E-state index contributed by atoms with van der Waals surface area (Å²) >= 11 is 1.63. The second-order valence-corrected chi connectivity index (χ2v) is 8.65. The molecule has 6 heteroatoms. The van der Waals surface area contributed by atoms with Crippen molar-refractivity contribution in [3.8, 4) is 11.5 Å². The van der Waals surface area contributed by atoms with Crippen LogP contribution >= 0.6 is 11.3 Å². The van der Waals surface area contributed by atoms with E-state index in [4.69, 9.17) is 9.47 Å². The quantitative estimate of drug-likeness (QED) is 0.618. The second-order valence-electron chi connectivity index (χ2n) is 7.53. The molecule has 3 rings (SSSR count). The Morgan fingerprint density at radius 2 is 1.89 bits per heavy atom. The maximum atomic E-state index is 11.9. The van der Waals surface area contributed by atoms with Crippen LogP contribution in [-0.2, 0) is 12.0 Å². The van der Waals surface area contributed by atoms with Crippen molar-refractivity contribution in [2.24, 2.45) is 0 Å². The van der Waals surface area contributed by atoms with Crippen LogP contribution in [-0.4, -0.2) is 30.1 Å². The molecule has 1 heterocycles. The normalized spacial score (nSPS) is 11.4. The van der Waals surface area contributed by atoms with Gasteiger partial charge in [0.15, 0.2) is 0 Å². The van der Waals surface area contributed by atoms with Gasteiger partial charge in [-0.05, 0) is 35.7 Å². The fraction of sp³-hybridized carbons (Fsp3) is 0.333. The average molecular weight is 385 g/mol. The van der Waals surface area contributed by atoms with Gasteiger partial charge in [0.2, 0.25) is 0 Å². The predicted molar refractivity (Wildman–Crippen MR) is 109 cm³/mol. The third-order valence-corrected chi connectivity index (χ3v) is 5.03. The number of amides is 1. The van der Waals surface area contributed by atoms with Crippen molar-refractivity contribution in [2.45, 2.75) is 32.8 Å². The number of rotatable bonds is 4. The third-order valence-electron chi connectivity index (χ3n) is 4.02. The molecule has 27 heavy (non-hydrogen) atoms. The summed E-state index contributed by atoms with van der Waals surface area (Å²) in [4.78, 5) is 17.9. The van der Waals surface area contributed by atoms with E-state index in [0.717, 1.165) is 26.5 Å². The number of hydrogen-bond donors (Lipinski definition) is 0. The number of ether oxygens (including phenoxy) is 2. The number of benzene rings is 2. The highest BCUT2D eigenvalue weighted by atomic mass is 32.1. The van der Waals surface area contributed by atoms with Crippen LogP contribution in [0.2, 0.25) is 0 Å². The minimum atomic E-state index is -0.399. The molecule has 3 aromatic rings. The number of carbonyl (C=O) groups excluding carboxylic acids is 1. The summed E-state index contributed by atoms with van der Waals surface area (Å²) in [5.74, 6) is 1.28. The molecule has 1 aromatic heterocycles. The topological polar surface area (TPSA) is 51.7 Å². The smallest absolute Gasteiger partial charge is 0.414 e. The molecule has 142 valence electrons. The Bertz CT molecular complexity index is 924. The molecular formula is C21H24N2O3S. The number of para-hydroxylation sites is 1. The van der Waals surface area contributed by atoms with Crippen LogP contribution in [0.15, 0.2) is 42.5 Å². The Balaban J connectivity index is 1.80. The van der Waals surface area contributed by atoms with E-state index < -0.39 is 6.09 Å². The molecule has 2 aromatic carbocycles. The Hall–Kier alpha value is -2.60. The van der Waals surface area contributed by atoms with Crippen molar-refractivity contribution in [1.29, 1.82) is 0 Å². The highest BCUT2D eigenvalue weighted by molar-refractivity contribution is 7.18. The van der Waals surface area contributed by atoms with Crippen LogP contribution in [0.5, 0.6) is 11.5 Å². The van der Waals surface area contributed by atoms with Crippen LogP contribution in [0.1, 0.15) is 31.3 Å². The highest BCUT2D eigenvalue weighted by Crippen LogP contribution is 2.35.